The van der Waals surface area contributed by atoms with Gasteiger partial charge in [0.25, 0.3) is 10.0 Å². The van der Waals surface area contributed by atoms with E-state index in [-0.39, 0.29) is 10.9 Å². The average molecular weight is 282 g/mol. The van der Waals surface area contributed by atoms with E-state index in [1.54, 1.807) is 18.2 Å². The third-order valence-electron chi connectivity index (χ3n) is 3.44. The lowest BCUT2D eigenvalue weighted by molar-refractivity contribution is -0.124. The molecule has 1 aromatic rings. The Bertz CT molecular complexity index is 542. The highest BCUT2D eigenvalue weighted by molar-refractivity contribution is 7.90. The van der Waals surface area contributed by atoms with Gasteiger partial charge < -0.3 is 5.73 Å². The van der Waals surface area contributed by atoms with Gasteiger partial charge in [0.05, 0.1) is 10.8 Å². The Balaban J connectivity index is 2.10. The van der Waals surface area contributed by atoms with Gasteiger partial charge in [-0.15, -0.1) is 0 Å². The van der Waals surface area contributed by atoms with Gasteiger partial charge in [-0.25, -0.2) is 13.1 Å². The maximum Gasteiger partial charge on any atom is 0.264 e. The second-order valence-corrected chi connectivity index (χ2v) is 6.52. The van der Waals surface area contributed by atoms with E-state index < -0.39 is 21.8 Å². The Labute approximate surface area is 113 Å². The van der Waals surface area contributed by atoms with Crippen LogP contribution in [0.4, 0.5) is 0 Å². The summed E-state index contributed by atoms with van der Waals surface area (Å²) in [5.74, 6) is -0.900. The SMILES string of the molecule is NC1CCCCC1C(=O)NS(=O)(=O)c1ccccc1. The van der Waals surface area contributed by atoms with Crippen LogP contribution in [0.2, 0.25) is 0 Å². The van der Waals surface area contributed by atoms with Crippen molar-refractivity contribution < 1.29 is 13.2 Å². The second-order valence-electron chi connectivity index (χ2n) is 4.84. The van der Waals surface area contributed by atoms with Crippen molar-refractivity contribution in [3.8, 4) is 0 Å². The fourth-order valence-electron chi connectivity index (χ4n) is 2.35. The van der Waals surface area contributed by atoms with Crippen LogP contribution in [0.3, 0.4) is 0 Å². The fraction of sp³-hybridized carbons (Fsp3) is 0.462. The van der Waals surface area contributed by atoms with Crippen molar-refractivity contribution in [3.63, 3.8) is 0 Å². The van der Waals surface area contributed by atoms with Crippen molar-refractivity contribution in [2.24, 2.45) is 11.7 Å². The first-order valence-corrected chi connectivity index (χ1v) is 7.86. The maximum absolute atomic E-state index is 12.0. The molecule has 2 unspecified atom stereocenters. The molecule has 0 saturated heterocycles. The Morgan fingerprint density at radius 2 is 1.79 bits per heavy atom. The summed E-state index contributed by atoms with van der Waals surface area (Å²) in [6.07, 6.45) is 3.33. The third kappa shape index (κ3) is 3.33. The molecule has 0 aliphatic heterocycles. The van der Waals surface area contributed by atoms with Crippen LogP contribution in [0.1, 0.15) is 25.7 Å². The summed E-state index contributed by atoms with van der Waals surface area (Å²) in [5.41, 5.74) is 5.88. The zero-order chi connectivity index (χ0) is 13.9. The largest absolute Gasteiger partial charge is 0.327 e. The highest BCUT2D eigenvalue weighted by Gasteiger charge is 2.30. The summed E-state index contributed by atoms with van der Waals surface area (Å²) in [6.45, 7) is 0. The monoisotopic (exact) mass is 282 g/mol. The van der Waals surface area contributed by atoms with Crippen LogP contribution in [0.5, 0.6) is 0 Å². The van der Waals surface area contributed by atoms with E-state index >= 15 is 0 Å². The predicted octanol–water partition coefficient (Wildman–Crippen LogP) is 1.01. The normalized spacial score (nSPS) is 23.8. The Morgan fingerprint density at radius 3 is 2.42 bits per heavy atom. The smallest absolute Gasteiger partial charge is 0.264 e. The fourth-order valence-corrected chi connectivity index (χ4v) is 3.40. The second kappa shape index (κ2) is 5.71. The molecule has 1 fully saturated rings. The molecule has 0 bridgehead atoms. The van der Waals surface area contributed by atoms with Crippen LogP contribution < -0.4 is 10.5 Å². The lowest BCUT2D eigenvalue weighted by atomic mass is 9.85. The Kier molecular flexibility index (Phi) is 4.21. The molecule has 0 spiro atoms. The molecule has 3 N–H and O–H groups in total. The molecule has 1 aliphatic carbocycles. The first-order chi connectivity index (χ1) is 9.00. The number of carbonyl (C=O) groups is 1. The van der Waals surface area contributed by atoms with E-state index in [2.05, 4.69) is 4.72 Å². The standard InChI is InChI=1S/C13H18N2O3S/c14-12-9-5-4-8-11(12)13(16)15-19(17,18)10-6-2-1-3-7-10/h1-3,6-7,11-12H,4-5,8-9,14H2,(H,15,16). The minimum atomic E-state index is -3.79. The molecular formula is C13H18N2O3S. The van der Waals surface area contributed by atoms with Gasteiger partial charge in [0.2, 0.25) is 5.91 Å². The molecule has 1 saturated carbocycles. The van der Waals surface area contributed by atoms with Gasteiger partial charge in [-0.05, 0) is 25.0 Å². The number of nitrogens with two attached hydrogens (primary N) is 1. The number of hydrogen-bond donors (Lipinski definition) is 2. The highest BCUT2D eigenvalue weighted by Crippen LogP contribution is 2.23. The molecule has 6 heteroatoms. The highest BCUT2D eigenvalue weighted by atomic mass is 32.2. The van der Waals surface area contributed by atoms with Crippen molar-refractivity contribution in [2.75, 3.05) is 0 Å². The number of carbonyl (C=O) groups excluding carboxylic acids is 1. The Morgan fingerprint density at radius 1 is 1.16 bits per heavy atom. The average Bonchev–Trinajstić information content (AvgIpc) is 2.39. The van der Waals surface area contributed by atoms with Crippen LogP contribution >= 0.6 is 0 Å². The van der Waals surface area contributed by atoms with Gasteiger partial charge in [-0.2, -0.15) is 0 Å². The number of amides is 1. The maximum atomic E-state index is 12.0. The van der Waals surface area contributed by atoms with Gasteiger partial charge in [0, 0.05) is 6.04 Å². The van der Waals surface area contributed by atoms with Crippen molar-refractivity contribution in [1.82, 2.24) is 4.72 Å². The summed E-state index contributed by atoms with van der Waals surface area (Å²) in [7, 11) is -3.79. The molecular weight excluding hydrogens is 264 g/mol. The van der Waals surface area contributed by atoms with Crippen LogP contribution in [0.25, 0.3) is 0 Å². The Hall–Kier alpha value is -1.40. The van der Waals surface area contributed by atoms with Gasteiger partial charge in [0.1, 0.15) is 0 Å². The number of rotatable bonds is 3. The minimum Gasteiger partial charge on any atom is -0.327 e. The van der Waals surface area contributed by atoms with Gasteiger partial charge in [0.15, 0.2) is 0 Å². The van der Waals surface area contributed by atoms with E-state index in [4.69, 9.17) is 5.73 Å². The van der Waals surface area contributed by atoms with Crippen molar-refractivity contribution in [3.05, 3.63) is 30.3 Å². The summed E-state index contributed by atoms with van der Waals surface area (Å²) in [6, 6.07) is 7.61. The summed E-state index contributed by atoms with van der Waals surface area (Å²) < 4.78 is 26.2. The van der Waals surface area contributed by atoms with Gasteiger partial charge in [-0.3, -0.25) is 4.79 Å². The molecule has 0 radical (unpaired) electrons. The van der Waals surface area contributed by atoms with Crippen LogP contribution in [0.15, 0.2) is 35.2 Å². The zero-order valence-corrected chi connectivity index (χ0v) is 11.4. The molecule has 1 aliphatic rings. The topological polar surface area (TPSA) is 89.3 Å². The molecule has 2 rings (SSSR count). The van der Waals surface area contributed by atoms with Crippen molar-refractivity contribution in [1.29, 1.82) is 0 Å². The van der Waals surface area contributed by atoms with E-state index in [0.717, 1.165) is 19.3 Å². The van der Waals surface area contributed by atoms with Gasteiger partial charge in [-0.1, -0.05) is 31.0 Å². The van der Waals surface area contributed by atoms with Gasteiger partial charge >= 0.3 is 0 Å². The van der Waals surface area contributed by atoms with E-state index in [1.807, 2.05) is 0 Å². The summed E-state index contributed by atoms with van der Waals surface area (Å²) in [5, 5.41) is 0. The lowest BCUT2D eigenvalue weighted by Gasteiger charge is -2.27. The molecule has 1 amide bonds. The van der Waals surface area contributed by atoms with Crippen LogP contribution in [-0.4, -0.2) is 20.4 Å². The lowest BCUT2D eigenvalue weighted by Crippen LogP contribution is -2.45. The first kappa shape index (κ1) is 14.0. The third-order valence-corrected chi connectivity index (χ3v) is 4.81. The summed E-state index contributed by atoms with van der Waals surface area (Å²) in [4.78, 5) is 12.1. The summed E-state index contributed by atoms with van der Waals surface area (Å²) >= 11 is 0. The van der Waals surface area contributed by atoms with E-state index in [9.17, 15) is 13.2 Å². The quantitative estimate of drug-likeness (QED) is 0.866. The van der Waals surface area contributed by atoms with E-state index in [0.29, 0.717) is 6.42 Å². The molecule has 1 aromatic carbocycles. The number of benzene rings is 1. The van der Waals surface area contributed by atoms with Crippen molar-refractivity contribution in [2.45, 2.75) is 36.6 Å². The van der Waals surface area contributed by atoms with Crippen molar-refractivity contribution >= 4 is 15.9 Å². The molecule has 104 valence electrons. The first-order valence-electron chi connectivity index (χ1n) is 6.38. The van der Waals surface area contributed by atoms with Crippen LogP contribution in [-0.2, 0) is 14.8 Å². The molecule has 0 aromatic heterocycles. The zero-order valence-electron chi connectivity index (χ0n) is 10.6. The molecule has 0 heterocycles. The number of sulfonamides is 1. The minimum absolute atomic E-state index is 0.0905. The predicted molar refractivity (Wildman–Crippen MR) is 71.7 cm³/mol. The van der Waals surface area contributed by atoms with Crippen LogP contribution in [0, 0.1) is 5.92 Å². The molecule has 19 heavy (non-hydrogen) atoms. The molecule has 2 atom stereocenters. The number of hydrogen-bond acceptors (Lipinski definition) is 4. The number of nitrogens with one attached hydrogen (secondary N) is 1. The van der Waals surface area contributed by atoms with E-state index in [1.165, 1.54) is 12.1 Å². The molecule has 5 nitrogen and oxygen atoms in total.